The Kier molecular flexibility index (Phi) is 2.98. The predicted octanol–water partition coefficient (Wildman–Crippen LogP) is 1.42. The number of anilines is 1. The van der Waals surface area contributed by atoms with Gasteiger partial charge in [-0.3, -0.25) is 4.79 Å². The van der Waals surface area contributed by atoms with E-state index in [1.807, 2.05) is 0 Å². The highest BCUT2D eigenvalue weighted by atomic mass is 16.5. The lowest BCUT2D eigenvalue weighted by molar-refractivity contribution is 0.101. The molecule has 0 spiro atoms. The van der Waals surface area contributed by atoms with Gasteiger partial charge in [-0.25, -0.2) is 0 Å². The Hall–Kier alpha value is -2.14. The second-order valence-corrected chi connectivity index (χ2v) is 3.20. The van der Waals surface area contributed by atoms with E-state index in [-0.39, 0.29) is 18.2 Å². The van der Waals surface area contributed by atoms with Crippen LogP contribution in [-0.2, 0) is 6.61 Å². The van der Waals surface area contributed by atoms with Crippen LogP contribution in [0, 0.1) is 0 Å². The highest BCUT2D eigenvalue weighted by molar-refractivity contribution is 6.02. The first-order valence-electron chi connectivity index (χ1n) is 4.71. The summed E-state index contributed by atoms with van der Waals surface area (Å²) in [7, 11) is 0. The van der Waals surface area contributed by atoms with E-state index in [9.17, 15) is 4.79 Å². The van der Waals surface area contributed by atoms with E-state index in [4.69, 9.17) is 5.11 Å². The maximum Gasteiger partial charge on any atom is 0.277 e. The van der Waals surface area contributed by atoms with Gasteiger partial charge in [0.15, 0.2) is 5.69 Å². The largest absolute Gasteiger partial charge is 0.392 e. The molecule has 0 radical (unpaired) electrons. The monoisotopic (exact) mass is 218 g/mol. The van der Waals surface area contributed by atoms with Crippen LogP contribution >= 0.6 is 0 Å². The lowest BCUT2D eigenvalue weighted by Crippen LogP contribution is -2.12. The summed E-state index contributed by atoms with van der Waals surface area (Å²) in [4.78, 5) is 11.6. The first-order valence-corrected chi connectivity index (χ1v) is 4.71. The molecule has 5 nitrogen and oxygen atoms in total. The molecule has 0 atom stereocenters. The number of carbonyl (C=O) groups excluding carboxylic acids is 1. The topological polar surface area (TPSA) is 75.4 Å². The molecule has 0 aliphatic heterocycles. The maximum atomic E-state index is 11.6. The third kappa shape index (κ3) is 2.26. The Morgan fingerprint density at radius 1 is 1.44 bits per heavy atom. The van der Waals surface area contributed by atoms with E-state index in [1.165, 1.54) is 12.3 Å². The fourth-order valence-electron chi connectivity index (χ4n) is 1.27. The van der Waals surface area contributed by atoms with Gasteiger partial charge in [0.2, 0.25) is 0 Å². The van der Waals surface area contributed by atoms with Crippen LogP contribution in [0.4, 0.5) is 5.69 Å². The maximum absolute atomic E-state index is 11.6. The predicted molar refractivity (Wildman–Crippen MR) is 56.8 cm³/mol. The number of amides is 1. The van der Waals surface area contributed by atoms with Crippen molar-refractivity contribution in [2.75, 3.05) is 5.32 Å². The van der Waals surface area contributed by atoms with Crippen molar-refractivity contribution < 1.29 is 14.4 Å². The lowest BCUT2D eigenvalue weighted by Gasteiger charge is -2.04. The second kappa shape index (κ2) is 4.59. The summed E-state index contributed by atoms with van der Waals surface area (Å²) < 4.78 is 4.57. The summed E-state index contributed by atoms with van der Waals surface area (Å²) in [5.41, 5.74) is 1.56. The average molecular weight is 218 g/mol. The molecule has 2 aromatic rings. The minimum absolute atomic E-state index is 0.0618. The number of nitrogens with one attached hydrogen (secondary N) is 1. The number of benzene rings is 1. The molecule has 0 aliphatic carbocycles. The Morgan fingerprint density at radius 2 is 2.31 bits per heavy atom. The molecular weight excluding hydrogens is 208 g/mol. The Balaban J connectivity index is 2.12. The van der Waals surface area contributed by atoms with Crippen LogP contribution in [0.5, 0.6) is 0 Å². The quantitative estimate of drug-likeness (QED) is 0.816. The summed E-state index contributed by atoms with van der Waals surface area (Å²) in [5.74, 6) is -0.344. The standard InChI is InChI=1S/C11H10N2O3/c14-7-8-2-1-3-9(6-8)12-11(15)10-4-5-16-13-10/h1-6,14H,7H2,(H,12,15). The summed E-state index contributed by atoms with van der Waals surface area (Å²) in [6.45, 7) is -0.0618. The number of aliphatic hydroxyl groups excluding tert-OH is 1. The molecule has 2 rings (SSSR count). The van der Waals surface area contributed by atoms with E-state index < -0.39 is 0 Å². The molecule has 0 aliphatic rings. The molecule has 82 valence electrons. The van der Waals surface area contributed by atoms with Gasteiger partial charge in [0.25, 0.3) is 5.91 Å². The van der Waals surface area contributed by atoms with Gasteiger partial charge < -0.3 is 14.9 Å². The SMILES string of the molecule is O=C(Nc1cccc(CO)c1)c1ccon1. The number of nitrogens with zero attached hydrogens (tertiary/aromatic N) is 1. The van der Waals surface area contributed by atoms with Gasteiger partial charge in [0, 0.05) is 11.8 Å². The minimum atomic E-state index is -0.344. The third-order valence-corrected chi connectivity index (χ3v) is 2.04. The van der Waals surface area contributed by atoms with Gasteiger partial charge in [-0.2, -0.15) is 0 Å². The lowest BCUT2D eigenvalue weighted by atomic mass is 10.2. The molecule has 1 aromatic heterocycles. The van der Waals surface area contributed by atoms with Crippen LogP contribution in [0.3, 0.4) is 0 Å². The van der Waals surface area contributed by atoms with Crippen molar-refractivity contribution in [2.45, 2.75) is 6.61 Å². The first-order chi connectivity index (χ1) is 7.79. The van der Waals surface area contributed by atoms with Gasteiger partial charge in [0.1, 0.15) is 6.26 Å². The Bertz CT molecular complexity index is 480. The molecule has 1 heterocycles. The highest BCUT2D eigenvalue weighted by Crippen LogP contribution is 2.11. The zero-order chi connectivity index (χ0) is 11.4. The number of rotatable bonds is 3. The van der Waals surface area contributed by atoms with Crippen LogP contribution in [0.15, 0.2) is 41.1 Å². The van der Waals surface area contributed by atoms with Crippen molar-refractivity contribution in [1.29, 1.82) is 0 Å². The van der Waals surface area contributed by atoms with E-state index in [0.717, 1.165) is 5.56 Å². The van der Waals surface area contributed by atoms with Gasteiger partial charge in [0.05, 0.1) is 6.61 Å². The number of hydrogen-bond acceptors (Lipinski definition) is 4. The zero-order valence-corrected chi connectivity index (χ0v) is 8.38. The summed E-state index contributed by atoms with van der Waals surface area (Å²) in [6.07, 6.45) is 1.33. The van der Waals surface area contributed by atoms with Crippen molar-refractivity contribution in [3.05, 3.63) is 47.9 Å². The van der Waals surface area contributed by atoms with Crippen molar-refractivity contribution in [3.8, 4) is 0 Å². The van der Waals surface area contributed by atoms with Crippen molar-refractivity contribution in [3.63, 3.8) is 0 Å². The minimum Gasteiger partial charge on any atom is -0.392 e. The molecule has 0 bridgehead atoms. The Labute approximate surface area is 91.7 Å². The molecule has 1 amide bonds. The number of carbonyl (C=O) groups is 1. The third-order valence-electron chi connectivity index (χ3n) is 2.04. The van der Waals surface area contributed by atoms with Gasteiger partial charge >= 0.3 is 0 Å². The molecule has 16 heavy (non-hydrogen) atoms. The van der Waals surface area contributed by atoms with E-state index >= 15 is 0 Å². The summed E-state index contributed by atoms with van der Waals surface area (Å²) >= 11 is 0. The molecule has 0 unspecified atom stereocenters. The van der Waals surface area contributed by atoms with Crippen LogP contribution in [0.2, 0.25) is 0 Å². The van der Waals surface area contributed by atoms with E-state index in [2.05, 4.69) is 15.0 Å². The number of aromatic nitrogens is 1. The van der Waals surface area contributed by atoms with E-state index in [0.29, 0.717) is 5.69 Å². The molecule has 5 heteroatoms. The van der Waals surface area contributed by atoms with Crippen LogP contribution < -0.4 is 5.32 Å². The van der Waals surface area contributed by atoms with Gasteiger partial charge in [-0.05, 0) is 17.7 Å². The van der Waals surface area contributed by atoms with E-state index in [1.54, 1.807) is 24.3 Å². The van der Waals surface area contributed by atoms with Crippen LogP contribution in [0.25, 0.3) is 0 Å². The summed E-state index contributed by atoms with van der Waals surface area (Å²) in [6, 6.07) is 8.43. The molecular formula is C11H10N2O3. The van der Waals surface area contributed by atoms with Crippen molar-refractivity contribution in [2.24, 2.45) is 0 Å². The van der Waals surface area contributed by atoms with Crippen LogP contribution in [-0.4, -0.2) is 16.2 Å². The second-order valence-electron chi connectivity index (χ2n) is 3.20. The van der Waals surface area contributed by atoms with Crippen molar-refractivity contribution >= 4 is 11.6 Å². The zero-order valence-electron chi connectivity index (χ0n) is 8.38. The smallest absolute Gasteiger partial charge is 0.277 e. The summed E-state index contributed by atoms with van der Waals surface area (Å²) in [5, 5.41) is 15.1. The van der Waals surface area contributed by atoms with Gasteiger partial charge in [-0.1, -0.05) is 17.3 Å². The van der Waals surface area contributed by atoms with Crippen LogP contribution in [0.1, 0.15) is 16.1 Å². The number of hydrogen-bond donors (Lipinski definition) is 2. The van der Waals surface area contributed by atoms with Gasteiger partial charge in [-0.15, -0.1) is 0 Å². The fraction of sp³-hybridized carbons (Fsp3) is 0.0909. The average Bonchev–Trinajstić information content (AvgIpc) is 2.83. The molecule has 0 fully saturated rings. The Morgan fingerprint density at radius 3 is 3.00 bits per heavy atom. The molecule has 2 N–H and O–H groups in total. The molecule has 0 saturated heterocycles. The molecule has 1 aromatic carbocycles. The number of aliphatic hydroxyl groups is 1. The first kappa shape index (κ1) is 10.4. The molecule has 0 saturated carbocycles. The normalized spacial score (nSPS) is 10.1. The fourth-order valence-corrected chi connectivity index (χ4v) is 1.27. The highest BCUT2D eigenvalue weighted by Gasteiger charge is 2.08. The van der Waals surface area contributed by atoms with Crippen molar-refractivity contribution in [1.82, 2.24) is 5.16 Å².